The molecule has 0 spiro atoms. The molecule has 1 aromatic carbocycles. The average molecular weight is 381 g/mol. The van der Waals surface area contributed by atoms with Crippen molar-refractivity contribution in [2.24, 2.45) is 0 Å². The standard InChI is InChI=1S/C18H24N2O3S2/c1-6-14-11-17(24-13(14)4)18(21)19-15-7-9-16(10-8-15)25(22,23)20(5)12(2)3/h7-12H,6H2,1-5H3,(H,19,21). The first kappa shape index (κ1) is 19.6. The minimum atomic E-state index is -3.52. The van der Waals surface area contributed by atoms with Gasteiger partial charge in [0.05, 0.1) is 9.77 Å². The van der Waals surface area contributed by atoms with Crippen LogP contribution in [0.15, 0.2) is 35.2 Å². The highest BCUT2D eigenvalue weighted by atomic mass is 32.2. The van der Waals surface area contributed by atoms with Crippen molar-refractivity contribution in [3.8, 4) is 0 Å². The minimum absolute atomic E-state index is 0.126. The smallest absolute Gasteiger partial charge is 0.265 e. The van der Waals surface area contributed by atoms with Gasteiger partial charge in [0.25, 0.3) is 5.91 Å². The summed E-state index contributed by atoms with van der Waals surface area (Å²) in [6.45, 7) is 7.70. The van der Waals surface area contributed by atoms with E-state index in [1.54, 1.807) is 19.2 Å². The van der Waals surface area contributed by atoms with Gasteiger partial charge in [0.15, 0.2) is 0 Å². The van der Waals surface area contributed by atoms with Crippen molar-refractivity contribution in [2.45, 2.75) is 45.1 Å². The van der Waals surface area contributed by atoms with Crippen LogP contribution in [0.1, 0.15) is 40.9 Å². The summed E-state index contributed by atoms with van der Waals surface area (Å²) in [5.41, 5.74) is 1.74. The third-order valence-corrected chi connectivity index (χ3v) is 7.28. The fraction of sp³-hybridized carbons (Fsp3) is 0.389. The molecule has 1 amide bonds. The van der Waals surface area contributed by atoms with Crippen LogP contribution in [0.4, 0.5) is 5.69 Å². The molecule has 1 aromatic heterocycles. The first-order chi connectivity index (χ1) is 11.7. The molecule has 2 aromatic rings. The molecule has 0 radical (unpaired) electrons. The van der Waals surface area contributed by atoms with Gasteiger partial charge in [-0.15, -0.1) is 11.3 Å². The summed E-state index contributed by atoms with van der Waals surface area (Å²) in [4.78, 5) is 14.4. The number of amides is 1. The van der Waals surface area contributed by atoms with E-state index in [1.807, 2.05) is 26.8 Å². The predicted molar refractivity (Wildman–Crippen MR) is 103 cm³/mol. The maximum absolute atomic E-state index is 12.4. The molecule has 1 N–H and O–H groups in total. The topological polar surface area (TPSA) is 66.5 Å². The summed E-state index contributed by atoms with van der Waals surface area (Å²) >= 11 is 1.47. The number of carbonyl (C=O) groups excluding carboxylic acids is 1. The maximum atomic E-state index is 12.4. The molecule has 7 heteroatoms. The molecule has 0 bridgehead atoms. The van der Waals surface area contributed by atoms with Crippen LogP contribution < -0.4 is 5.32 Å². The van der Waals surface area contributed by atoms with Crippen LogP contribution in [0.5, 0.6) is 0 Å². The number of thiophene rings is 1. The fourth-order valence-electron chi connectivity index (χ4n) is 2.33. The number of anilines is 1. The van der Waals surface area contributed by atoms with E-state index >= 15 is 0 Å². The molecule has 0 saturated carbocycles. The summed E-state index contributed by atoms with van der Waals surface area (Å²) in [6.07, 6.45) is 0.894. The van der Waals surface area contributed by atoms with Crippen molar-refractivity contribution < 1.29 is 13.2 Å². The van der Waals surface area contributed by atoms with E-state index in [4.69, 9.17) is 0 Å². The Bertz CT molecular complexity index is 853. The summed E-state index contributed by atoms with van der Waals surface area (Å²) in [5, 5.41) is 2.82. The second-order valence-corrected chi connectivity index (χ2v) is 9.39. The van der Waals surface area contributed by atoms with Gasteiger partial charge in [-0.3, -0.25) is 4.79 Å². The first-order valence-corrected chi connectivity index (χ1v) is 10.4. The third-order valence-electron chi connectivity index (χ3n) is 4.14. The van der Waals surface area contributed by atoms with Crippen molar-refractivity contribution >= 4 is 33.0 Å². The normalized spacial score (nSPS) is 12.0. The molecule has 5 nitrogen and oxygen atoms in total. The van der Waals surface area contributed by atoms with Gasteiger partial charge < -0.3 is 5.32 Å². The van der Waals surface area contributed by atoms with Gasteiger partial charge in [0.1, 0.15) is 0 Å². The summed E-state index contributed by atoms with van der Waals surface area (Å²) < 4.78 is 26.2. The Morgan fingerprint density at radius 1 is 1.24 bits per heavy atom. The number of hydrogen-bond donors (Lipinski definition) is 1. The van der Waals surface area contributed by atoms with Crippen LogP contribution in [0, 0.1) is 6.92 Å². The van der Waals surface area contributed by atoms with Crippen LogP contribution >= 0.6 is 11.3 Å². The highest BCUT2D eigenvalue weighted by molar-refractivity contribution is 7.89. The monoisotopic (exact) mass is 380 g/mol. The molecule has 25 heavy (non-hydrogen) atoms. The number of hydrogen-bond acceptors (Lipinski definition) is 4. The first-order valence-electron chi connectivity index (χ1n) is 8.15. The van der Waals surface area contributed by atoms with Crippen molar-refractivity contribution in [1.29, 1.82) is 0 Å². The van der Waals surface area contributed by atoms with Gasteiger partial charge in [-0.1, -0.05) is 6.92 Å². The van der Waals surface area contributed by atoms with Gasteiger partial charge in [0, 0.05) is 23.7 Å². The summed E-state index contributed by atoms with van der Waals surface area (Å²) in [5.74, 6) is -0.178. The number of sulfonamides is 1. The molecule has 2 rings (SSSR count). The molecule has 0 unspecified atom stereocenters. The van der Waals surface area contributed by atoms with E-state index in [1.165, 1.54) is 33.3 Å². The van der Waals surface area contributed by atoms with Crippen LogP contribution in [0.3, 0.4) is 0 Å². The molecule has 0 atom stereocenters. The molecule has 0 saturated heterocycles. The van der Waals surface area contributed by atoms with Crippen LogP contribution in [-0.4, -0.2) is 31.7 Å². The molecule has 0 fully saturated rings. The predicted octanol–water partition coefficient (Wildman–Crippen LogP) is 3.90. The molecule has 0 aliphatic carbocycles. The lowest BCUT2D eigenvalue weighted by atomic mass is 10.2. The van der Waals surface area contributed by atoms with E-state index in [-0.39, 0.29) is 16.8 Å². The quantitative estimate of drug-likeness (QED) is 0.826. The summed E-state index contributed by atoms with van der Waals surface area (Å²) in [7, 11) is -1.96. The van der Waals surface area contributed by atoms with Gasteiger partial charge >= 0.3 is 0 Å². The van der Waals surface area contributed by atoms with E-state index < -0.39 is 10.0 Å². The zero-order valence-corrected chi connectivity index (χ0v) is 16.8. The Morgan fingerprint density at radius 2 is 1.84 bits per heavy atom. The number of carbonyl (C=O) groups is 1. The molecular weight excluding hydrogens is 356 g/mol. The van der Waals surface area contributed by atoms with Gasteiger partial charge in [0.2, 0.25) is 10.0 Å². The van der Waals surface area contributed by atoms with Gasteiger partial charge in [-0.05, 0) is 63.1 Å². The second kappa shape index (κ2) is 7.68. The molecule has 136 valence electrons. The Morgan fingerprint density at radius 3 is 2.32 bits per heavy atom. The molecule has 0 aliphatic rings. The van der Waals surface area contributed by atoms with Crippen molar-refractivity contribution in [3.63, 3.8) is 0 Å². The van der Waals surface area contributed by atoms with Gasteiger partial charge in [-0.25, -0.2) is 8.42 Å². The number of nitrogens with zero attached hydrogens (tertiary/aromatic N) is 1. The number of aryl methyl sites for hydroxylation is 2. The summed E-state index contributed by atoms with van der Waals surface area (Å²) in [6, 6.07) is 8.03. The second-order valence-electron chi connectivity index (χ2n) is 6.14. The molecule has 0 aliphatic heterocycles. The van der Waals surface area contributed by atoms with Crippen molar-refractivity contribution in [2.75, 3.05) is 12.4 Å². The minimum Gasteiger partial charge on any atom is -0.321 e. The number of nitrogens with one attached hydrogen (secondary N) is 1. The largest absolute Gasteiger partial charge is 0.321 e. The Hall–Kier alpha value is -1.70. The third kappa shape index (κ3) is 4.29. The zero-order chi connectivity index (χ0) is 18.8. The molecular formula is C18H24N2O3S2. The lowest BCUT2D eigenvalue weighted by Crippen LogP contribution is -2.33. The highest BCUT2D eigenvalue weighted by Gasteiger charge is 2.23. The highest BCUT2D eigenvalue weighted by Crippen LogP contribution is 2.24. The maximum Gasteiger partial charge on any atom is 0.265 e. The zero-order valence-electron chi connectivity index (χ0n) is 15.2. The van der Waals surface area contributed by atoms with E-state index in [0.717, 1.165) is 11.3 Å². The number of rotatable bonds is 6. The Kier molecular flexibility index (Phi) is 6.03. The van der Waals surface area contributed by atoms with E-state index in [9.17, 15) is 13.2 Å². The lowest BCUT2D eigenvalue weighted by Gasteiger charge is -2.21. The van der Waals surface area contributed by atoms with Crippen LogP contribution in [-0.2, 0) is 16.4 Å². The Labute approximate surface area is 153 Å². The lowest BCUT2D eigenvalue weighted by molar-refractivity contribution is 0.103. The average Bonchev–Trinajstić information content (AvgIpc) is 2.95. The van der Waals surface area contributed by atoms with Crippen molar-refractivity contribution in [3.05, 3.63) is 45.6 Å². The van der Waals surface area contributed by atoms with E-state index in [0.29, 0.717) is 10.6 Å². The van der Waals surface area contributed by atoms with E-state index in [2.05, 4.69) is 12.2 Å². The van der Waals surface area contributed by atoms with Gasteiger partial charge in [-0.2, -0.15) is 4.31 Å². The van der Waals surface area contributed by atoms with Crippen LogP contribution in [0.25, 0.3) is 0 Å². The SMILES string of the molecule is CCc1cc(C(=O)Nc2ccc(S(=O)(=O)N(C)C(C)C)cc2)sc1C. The number of benzene rings is 1. The van der Waals surface area contributed by atoms with Crippen LogP contribution in [0.2, 0.25) is 0 Å². The fourth-order valence-corrected chi connectivity index (χ4v) is 4.71. The Balaban J connectivity index is 2.16. The molecule has 1 heterocycles. The van der Waals surface area contributed by atoms with Crippen molar-refractivity contribution in [1.82, 2.24) is 4.31 Å².